The van der Waals surface area contributed by atoms with Gasteiger partial charge < -0.3 is 4.74 Å². The maximum Gasteiger partial charge on any atom is 0.387 e. The number of nitrogens with zero attached hydrogens (tertiary/aromatic N) is 2. The molecule has 2 aromatic carbocycles. The van der Waals surface area contributed by atoms with Crippen molar-refractivity contribution in [2.75, 3.05) is 26.2 Å². The highest BCUT2D eigenvalue weighted by molar-refractivity contribution is 7.89. The van der Waals surface area contributed by atoms with Gasteiger partial charge >= 0.3 is 6.61 Å². The smallest absolute Gasteiger partial charge is 0.387 e. The third-order valence-corrected chi connectivity index (χ3v) is 9.66. The Morgan fingerprint density at radius 3 is 1.75 bits per heavy atom. The SMILES string of the molecule is O=S(=O)(c1ccc(OC(F)F)cc1)N1CCC2(CC1)CN(S(=O)(=O)c1ccc(F)cc1)C2. The maximum atomic E-state index is 13.1. The number of benzene rings is 2. The average molecular weight is 491 g/mol. The molecule has 2 fully saturated rings. The fourth-order valence-electron chi connectivity index (χ4n) is 4.09. The fraction of sp³-hybridized carbons (Fsp3) is 0.400. The quantitative estimate of drug-likeness (QED) is 0.622. The summed E-state index contributed by atoms with van der Waals surface area (Å²) in [5.74, 6) is -0.651. The van der Waals surface area contributed by atoms with Crippen LogP contribution in [-0.2, 0) is 20.0 Å². The molecule has 0 aromatic heterocycles. The van der Waals surface area contributed by atoms with Crippen molar-refractivity contribution in [3.63, 3.8) is 0 Å². The molecule has 0 N–H and O–H groups in total. The third-order valence-electron chi connectivity index (χ3n) is 5.94. The zero-order valence-corrected chi connectivity index (χ0v) is 18.5. The van der Waals surface area contributed by atoms with Crippen LogP contribution in [0.5, 0.6) is 5.75 Å². The second-order valence-corrected chi connectivity index (χ2v) is 11.9. The molecule has 4 rings (SSSR count). The monoisotopic (exact) mass is 490 g/mol. The van der Waals surface area contributed by atoms with Crippen molar-refractivity contribution >= 4 is 20.0 Å². The van der Waals surface area contributed by atoms with Crippen LogP contribution >= 0.6 is 0 Å². The predicted molar refractivity (Wildman–Crippen MR) is 109 cm³/mol. The Kier molecular flexibility index (Phi) is 5.99. The normalized spacial score (nSPS) is 19.8. The first-order chi connectivity index (χ1) is 15.0. The Labute approximate surface area is 184 Å². The van der Waals surface area contributed by atoms with Gasteiger partial charge in [0.05, 0.1) is 9.79 Å². The molecular weight excluding hydrogens is 469 g/mol. The fourth-order valence-corrected chi connectivity index (χ4v) is 7.19. The molecule has 32 heavy (non-hydrogen) atoms. The van der Waals surface area contributed by atoms with Crippen LogP contribution in [0.3, 0.4) is 0 Å². The number of halogens is 3. The summed E-state index contributed by atoms with van der Waals surface area (Å²) in [5.41, 5.74) is -0.298. The highest BCUT2D eigenvalue weighted by Gasteiger charge is 2.50. The molecule has 2 aromatic rings. The van der Waals surface area contributed by atoms with Crippen molar-refractivity contribution in [1.29, 1.82) is 0 Å². The van der Waals surface area contributed by atoms with Gasteiger partial charge in [-0.2, -0.15) is 17.4 Å². The summed E-state index contributed by atoms with van der Waals surface area (Å²) >= 11 is 0. The first-order valence-electron chi connectivity index (χ1n) is 9.83. The van der Waals surface area contributed by atoms with Gasteiger partial charge in [0.1, 0.15) is 11.6 Å². The van der Waals surface area contributed by atoms with Crippen LogP contribution in [0.25, 0.3) is 0 Å². The van der Waals surface area contributed by atoms with E-state index in [1.54, 1.807) is 0 Å². The number of hydrogen-bond donors (Lipinski definition) is 0. The molecule has 12 heteroatoms. The highest BCUT2D eigenvalue weighted by Crippen LogP contribution is 2.43. The van der Waals surface area contributed by atoms with Gasteiger partial charge in [-0.1, -0.05) is 0 Å². The lowest BCUT2D eigenvalue weighted by molar-refractivity contribution is -0.0498. The first-order valence-corrected chi connectivity index (χ1v) is 12.7. The van der Waals surface area contributed by atoms with Crippen LogP contribution in [0.15, 0.2) is 58.3 Å². The molecule has 2 heterocycles. The zero-order valence-electron chi connectivity index (χ0n) is 16.8. The van der Waals surface area contributed by atoms with Gasteiger partial charge in [-0.25, -0.2) is 21.2 Å². The third kappa shape index (κ3) is 4.36. The van der Waals surface area contributed by atoms with Crippen LogP contribution in [-0.4, -0.2) is 58.2 Å². The standard InChI is InChI=1S/C20H21F3N2O5S2/c21-15-1-5-17(6-2-15)32(28,29)25-13-20(14-25)9-11-24(12-10-20)31(26,27)18-7-3-16(4-8-18)30-19(22)23/h1-8,19H,9-14H2. The minimum absolute atomic E-state index is 0.0213. The van der Waals surface area contributed by atoms with Gasteiger partial charge in [0.2, 0.25) is 20.0 Å². The van der Waals surface area contributed by atoms with Gasteiger partial charge in [0, 0.05) is 31.6 Å². The summed E-state index contributed by atoms with van der Waals surface area (Å²) in [6.07, 6.45) is 0.989. The van der Waals surface area contributed by atoms with Crippen molar-refractivity contribution < 1.29 is 34.7 Å². The molecule has 0 aliphatic carbocycles. The lowest BCUT2D eigenvalue weighted by Gasteiger charge is -2.52. The van der Waals surface area contributed by atoms with Crippen molar-refractivity contribution in [3.8, 4) is 5.75 Å². The summed E-state index contributed by atoms with van der Waals surface area (Å²) in [5, 5.41) is 0. The van der Waals surface area contributed by atoms with Crippen molar-refractivity contribution in [2.45, 2.75) is 29.2 Å². The average Bonchev–Trinajstić information content (AvgIpc) is 2.72. The van der Waals surface area contributed by atoms with Crippen LogP contribution in [0.2, 0.25) is 0 Å². The van der Waals surface area contributed by atoms with Gasteiger partial charge in [-0.15, -0.1) is 0 Å². The predicted octanol–water partition coefficient (Wildman–Crippen LogP) is 2.90. The Bertz CT molecular complexity index is 1170. The van der Waals surface area contributed by atoms with E-state index in [2.05, 4.69) is 4.74 Å². The Morgan fingerprint density at radius 1 is 0.781 bits per heavy atom. The van der Waals surface area contributed by atoms with E-state index in [0.717, 1.165) is 12.1 Å². The van der Waals surface area contributed by atoms with E-state index in [4.69, 9.17) is 0 Å². The summed E-state index contributed by atoms with van der Waals surface area (Å²) in [7, 11) is -7.53. The lowest BCUT2D eigenvalue weighted by atomic mass is 9.74. The van der Waals surface area contributed by atoms with E-state index >= 15 is 0 Å². The number of hydrogen-bond acceptors (Lipinski definition) is 5. The molecule has 2 aliphatic heterocycles. The van der Waals surface area contributed by atoms with Crippen LogP contribution < -0.4 is 4.74 Å². The van der Waals surface area contributed by atoms with Crippen molar-refractivity contribution in [2.24, 2.45) is 5.41 Å². The van der Waals surface area contributed by atoms with Crippen LogP contribution in [0, 0.1) is 11.2 Å². The molecule has 7 nitrogen and oxygen atoms in total. The molecule has 0 saturated carbocycles. The van der Waals surface area contributed by atoms with Gasteiger partial charge in [-0.3, -0.25) is 0 Å². The number of rotatable bonds is 6. The summed E-state index contributed by atoms with van der Waals surface area (Å²) in [6.45, 7) is -1.99. The molecule has 1 spiro atoms. The number of ether oxygens (including phenoxy) is 1. The van der Waals surface area contributed by atoms with E-state index in [0.29, 0.717) is 12.8 Å². The molecule has 0 atom stereocenters. The van der Waals surface area contributed by atoms with Crippen LogP contribution in [0.1, 0.15) is 12.8 Å². The van der Waals surface area contributed by atoms with Crippen molar-refractivity contribution in [3.05, 3.63) is 54.3 Å². The topological polar surface area (TPSA) is 84.0 Å². The zero-order chi connectivity index (χ0) is 23.1. The van der Waals surface area contributed by atoms with E-state index in [1.807, 2.05) is 0 Å². The highest BCUT2D eigenvalue weighted by atomic mass is 32.2. The minimum atomic E-state index is -3.81. The number of piperidine rings is 1. The Balaban J connectivity index is 1.38. The molecule has 2 saturated heterocycles. The summed E-state index contributed by atoms with van der Waals surface area (Å²) in [6, 6.07) is 9.43. The molecular formula is C20H21F3N2O5S2. The molecule has 0 amide bonds. The second kappa shape index (κ2) is 8.32. The molecule has 0 unspecified atom stereocenters. The van der Waals surface area contributed by atoms with Gasteiger partial charge in [0.15, 0.2) is 0 Å². The summed E-state index contributed by atoms with van der Waals surface area (Å²) in [4.78, 5) is -0.00257. The molecule has 2 aliphatic rings. The molecule has 0 bridgehead atoms. The van der Waals surface area contributed by atoms with E-state index in [-0.39, 0.29) is 47.1 Å². The van der Waals surface area contributed by atoms with Gasteiger partial charge in [0.25, 0.3) is 0 Å². The Morgan fingerprint density at radius 2 is 1.25 bits per heavy atom. The number of sulfonamides is 2. The lowest BCUT2D eigenvalue weighted by Crippen LogP contribution is -2.62. The first kappa shape index (κ1) is 23.0. The van der Waals surface area contributed by atoms with E-state index in [1.165, 1.54) is 45.0 Å². The maximum absolute atomic E-state index is 13.1. The number of alkyl halides is 2. The van der Waals surface area contributed by atoms with Crippen LogP contribution in [0.4, 0.5) is 13.2 Å². The van der Waals surface area contributed by atoms with Crippen molar-refractivity contribution in [1.82, 2.24) is 8.61 Å². The Hall–Kier alpha value is -2.15. The second-order valence-electron chi connectivity index (χ2n) is 7.98. The summed E-state index contributed by atoms with van der Waals surface area (Å²) < 4.78 is 95.6. The van der Waals surface area contributed by atoms with E-state index < -0.39 is 32.5 Å². The van der Waals surface area contributed by atoms with E-state index in [9.17, 15) is 30.0 Å². The van der Waals surface area contributed by atoms with Gasteiger partial charge in [-0.05, 0) is 61.4 Å². The largest absolute Gasteiger partial charge is 0.435 e. The molecule has 0 radical (unpaired) electrons. The minimum Gasteiger partial charge on any atom is -0.435 e. The molecule has 174 valence electrons.